The highest BCUT2D eigenvalue weighted by Gasteiger charge is 2.25. The molecule has 1 heterocycles. The number of ether oxygens (including phenoxy) is 2. The highest BCUT2D eigenvalue weighted by molar-refractivity contribution is 5.99. The highest BCUT2D eigenvalue weighted by atomic mass is 16.5. The minimum atomic E-state index is -0.806. The number of rotatable bonds is 11. The number of hydrogen-bond acceptors (Lipinski definition) is 8. The predicted octanol–water partition coefficient (Wildman–Crippen LogP) is 2.09. The molecule has 0 unspecified atom stereocenters. The number of aromatic nitrogens is 2. The monoisotopic (exact) mass is 489 g/mol. The molecule has 0 fully saturated rings. The van der Waals surface area contributed by atoms with Crippen LogP contribution in [0.25, 0.3) is 0 Å². The van der Waals surface area contributed by atoms with Crippen molar-refractivity contribution in [3.8, 4) is 0 Å². The van der Waals surface area contributed by atoms with E-state index in [1.807, 2.05) is 13.8 Å². The number of benzene rings is 1. The first kappa shape index (κ1) is 27.2. The van der Waals surface area contributed by atoms with Crippen LogP contribution >= 0.6 is 0 Å². The second-order valence-electron chi connectivity index (χ2n) is 7.55. The first-order chi connectivity index (χ1) is 16.7. The zero-order chi connectivity index (χ0) is 26.0. The van der Waals surface area contributed by atoms with Crippen LogP contribution in [0.2, 0.25) is 0 Å². The number of nitrogens with one attached hydrogen (secondary N) is 2. The van der Waals surface area contributed by atoms with E-state index in [1.165, 1.54) is 22.8 Å². The number of unbranched alkanes of at least 4 members (excludes halogenated alkanes) is 1. The van der Waals surface area contributed by atoms with Crippen LogP contribution in [-0.2, 0) is 20.8 Å². The normalized spacial score (nSPS) is 10.5. The van der Waals surface area contributed by atoms with Crippen molar-refractivity contribution < 1.29 is 23.9 Å². The maximum atomic E-state index is 13.0. The van der Waals surface area contributed by atoms with E-state index < -0.39 is 35.8 Å². The lowest BCUT2D eigenvalue weighted by Gasteiger charge is -2.24. The van der Waals surface area contributed by atoms with E-state index in [4.69, 9.17) is 15.2 Å². The van der Waals surface area contributed by atoms with Gasteiger partial charge in [-0.15, -0.1) is 0 Å². The highest BCUT2D eigenvalue weighted by Crippen LogP contribution is 2.18. The van der Waals surface area contributed by atoms with Gasteiger partial charge in [0.25, 0.3) is 11.5 Å². The topological polar surface area (TPSA) is 166 Å². The molecule has 190 valence electrons. The maximum absolute atomic E-state index is 13.0. The fourth-order valence-electron chi connectivity index (χ4n) is 3.26. The van der Waals surface area contributed by atoms with Crippen LogP contribution in [0.3, 0.4) is 0 Å². The van der Waals surface area contributed by atoms with Gasteiger partial charge < -0.3 is 20.1 Å². The number of esters is 1. The second-order valence-corrected chi connectivity index (χ2v) is 7.55. The Hall–Kier alpha value is -4.09. The number of nitrogen functional groups attached to an aromatic ring is 1. The van der Waals surface area contributed by atoms with Gasteiger partial charge >= 0.3 is 17.8 Å². The van der Waals surface area contributed by atoms with Crippen molar-refractivity contribution in [3.63, 3.8) is 0 Å². The van der Waals surface area contributed by atoms with Gasteiger partial charge in [-0.25, -0.2) is 14.4 Å². The molecule has 2 amide bonds. The third kappa shape index (κ3) is 7.19. The number of amides is 2. The molecule has 0 aliphatic heterocycles. The molecule has 2 aromatic rings. The van der Waals surface area contributed by atoms with Gasteiger partial charge in [-0.3, -0.25) is 24.5 Å². The van der Waals surface area contributed by atoms with Crippen LogP contribution in [0.1, 0.15) is 50.4 Å². The molecule has 2 rings (SSSR count). The van der Waals surface area contributed by atoms with Crippen molar-refractivity contribution in [2.45, 2.75) is 46.6 Å². The van der Waals surface area contributed by atoms with Gasteiger partial charge in [0.15, 0.2) is 12.3 Å². The Kier molecular flexibility index (Phi) is 10.1. The number of nitrogens with zero attached hydrogens (tertiary/aromatic N) is 2. The first-order valence-corrected chi connectivity index (χ1v) is 11.4. The Morgan fingerprint density at radius 3 is 2.51 bits per heavy atom. The molecule has 1 aromatic heterocycles. The third-order valence-electron chi connectivity index (χ3n) is 4.91. The number of aromatic amines is 1. The predicted molar refractivity (Wildman–Crippen MR) is 131 cm³/mol. The fourth-order valence-corrected chi connectivity index (χ4v) is 3.26. The molecular weight excluding hydrogens is 458 g/mol. The van der Waals surface area contributed by atoms with Crippen LogP contribution in [0.15, 0.2) is 33.9 Å². The first-order valence-electron chi connectivity index (χ1n) is 11.4. The van der Waals surface area contributed by atoms with Crippen molar-refractivity contribution in [1.29, 1.82) is 0 Å². The average molecular weight is 490 g/mol. The summed E-state index contributed by atoms with van der Waals surface area (Å²) in [4.78, 5) is 65.1. The van der Waals surface area contributed by atoms with E-state index >= 15 is 0 Å². The van der Waals surface area contributed by atoms with E-state index in [-0.39, 0.29) is 36.8 Å². The second kappa shape index (κ2) is 13.0. The summed E-state index contributed by atoms with van der Waals surface area (Å²) in [5.74, 6) is -1.61. The summed E-state index contributed by atoms with van der Waals surface area (Å²) in [6.07, 6.45) is 1.18. The summed E-state index contributed by atoms with van der Waals surface area (Å²) in [6, 6.07) is 5.93. The molecule has 0 aliphatic carbocycles. The Bertz CT molecular complexity index is 1170. The van der Waals surface area contributed by atoms with Crippen LogP contribution in [0.5, 0.6) is 0 Å². The molecule has 12 nitrogen and oxygen atoms in total. The summed E-state index contributed by atoms with van der Waals surface area (Å²) in [7, 11) is 0. The van der Waals surface area contributed by atoms with Crippen LogP contribution in [0, 0.1) is 0 Å². The zero-order valence-corrected chi connectivity index (χ0v) is 20.1. The molecule has 0 bridgehead atoms. The molecule has 4 N–H and O–H groups in total. The molecule has 0 aliphatic rings. The Morgan fingerprint density at radius 2 is 1.86 bits per heavy atom. The summed E-state index contributed by atoms with van der Waals surface area (Å²) in [5, 5.41) is 2.47. The van der Waals surface area contributed by atoms with Crippen molar-refractivity contribution in [1.82, 2.24) is 9.55 Å². The molecule has 0 saturated heterocycles. The van der Waals surface area contributed by atoms with E-state index in [0.29, 0.717) is 18.5 Å². The van der Waals surface area contributed by atoms with Crippen LogP contribution < -0.4 is 27.2 Å². The lowest BCUT2D eigenvalue weighted by atomic mass is 10.2. The van der Waals surface area contributed by atoms with Crippen LogP contribution in [0.4, 0.5) is 22.0 Å². The lowest BCUT2D eigenvalue weighted by Crippen LogP contribution is -2.43. The SMILES string of the molecule is CCCCN(C(=O)COC(=O)c1cccc(NC(=O)OCC)c1)c1c(N)n(CCC)c(=O)[nH]c1=O. The van der Waals surface area contributed by atoms with Crippen LogP contribution in [-0.4, -0.2) is 47.3 Å². The molecule has 0 spiro atoms. The molecule has 0 saturated carbocycles. The van der Waals surface area contributed by atoms with Gasteiger partial charge in [-0.05, 0) is 38.0 Å². The largest absolute Gasteiger partial charge is 0.452 e. The molecule has 35 heavy (non-hydrogen) atoms. The van der Waals surface area contributed by atoms with Gasteiger partial charge in [-0.2, -0.15) is 0 Å². The molecule has 1 aromatic carbocycles. The number of H-pyrrole nitrogens is 1. The van der Waals surface area contributed by atoms with E-state index in [1.54, 1.807) is 13.0 Å². The summed E-state index contributed by atoms with van der Waals surface area (Å²) in [6.45, 7) is 5.34. The number of anilines is 3. The zero-order valence-electron chi connectivity index (χ0n) is 20.1. The van der Waals surface area contributed by atoms with Gasteiger partial charge in [-0.1, -0.05) is 26.3 Å². The minimum Gasteiger partial charge on any atom is -0.452 e. The summed E-state index contributed by atoms with van der Waals surface area (Å²) >= 11 is 0. The molecular formula is C23H31N5O7. The Balaban J connectivity index is 2.22. The molecule has 0 radical (unpaired) electrons. The van der Waals surface area contributed by atoms with Gasteiger partial charge in [0.1, 0.15) is 5.82 Å². The Morgan fingerprint density at radius 1 is 1.11 bits per heavy atom. The number of hydrogen-bond donors (Lipinski definition) is 3. The minimum absolute atomic E-state index is 0.0982. The van der Waals surface area contributed by atoms with Crippen molar-refractivity contribution in [2.24, 2.45) is 0 Å². The van der Waals surface area contributed by atoms with Gasteiger partial charge in [0.2, 0.25) is 0 Å². The average Bonchev–Trinajstić information content (AvgIpc) is 2.82. The van der Waals surface area contributed by atoms with Crippen molar-refractivity contribution >= 4 is 35.2 Å². The van der Waals surface area contributed by atoms with E-state index in [9.17, 15) is 24.0 Å². The molecule has 0 atom stereocenters. The lowest BCUT2D eigenvalue weighted by molar-refractivity contribution is -0.121. The van der Waals surface area contributed by atoms with Crippen molar-refractivity contribution in [2.75, 3.05) is 35.7 Å². The smallest absolute Gasteiger partial charge is 0.411 e. The third-order valence-corrected chi connectivity index (χ3v) is 4.91. The van der Waals surface area contributed by atoms with Gasteiger partial charge in [0, 0.05) is 18.8 Å². The standard InChI is InChI=1S/C23H31N5O7/c1-4-7-12-27(18-19(24)28(11-5-2)22(32)26-20(18)30)17(29)14-35-21(31)15-9-8-10-16(13-15)25-23(33)34-6-3/h8-10,13H,4-7,11-12,14,24H2,1-3H3,(H,25,33)(H,26,30,32). The maximum Gasteiger partial charge on any atom is 0.411 e. The number of carbonyl (C=O) groups excluding carboxylic acids is 3. The van der Waals surface area contributed by atoms with E-state index in [2.05, 4.69) is 10.3 Å². The Labute approximate surface area is 202 Å². The van der Waals surface area contributed by atoms with Gasteiger partial charge in [0.05, 0.1) is 12.2 Å². The summed E-state index contributed by atoms with van der Waals surface area (Å²) in [5.41, 5.74) is 4.89. The molecule has 12 heteroatoms. The summed E-state index contributed by atoms with van der Waals surface area (Å²) < 4.78 is 11.2. The number of carbonyl (C=O) groups is 3. The quantitative estimate of drug-likeness (QED) is 0.404. The van der Waals surface area contributed by atoms with E-state index in [0.717, 1.165) is 11.3 Å². The number of nitrogens with two attached hydrogens (primary N) is 1. The van der Waals surface area contributed by atoms with Crippen molar-refractivity contribution in [3.05, 3.63) is 50.7 Å². The fraction of sp³-hybridized carbons (Fsp3) is 0.435.